The third kappa shape index (κ3) is 5.66. The number of para-hydroxylation sites is 1. The van der Waals surface area contributed by atoms with E-state index in [1.807, 2.05) is 45.9 Å². The average molecular weight is 439 g/mol. The predicted molar refractivity (Wildman–Crippen MR) is 123 cm³/mol. The highest BCUT2D eigenvalue weighted by molar-refractivity contribution is 6.00. The van der Waals surface area contributed by atoms with E-state index in [9.17, 15) is 14.4 Å². The highest BCUT2D eigenvalue weighted by Gasteiger charge is 2.36. The zero-order valence-corrected chi connectivity index (χ0v) is 19.0. The van der Waals surface area contributed by atoms with Crippen molar-refractivity contribution < 1.29 is 23.9 Å². The lowest BCUT2D eigenvalue weighted by Crippen LogP contribution is -2.28. The van der Waals surface area contributed by atoms with Gasteiger partial charge in [-0.15, -0.1) is 0 Å². The number of hydrogen-bond acceptors (Lipinski definition) is 5. The SMILES string of the molecule is CCc1cccc(C)c1NC(=O)COC(=O)[C@H]1CC(=O)N(c2ccc(OC(C)C)cc2)C1. The maximum absolute atomic E-state index is 12.5. The van der Waals surface area contributed by atoms with Gasteiger partial charge in [0.05, 0.1) is 12.0 Å². The van der Waals surface area contributed by atoms with E-state index in [1.165, 1.54) is 0 Å². The molecule has 1 atom stereocenters. The Morgan fingerprint density at radius 3 is 2.53 bits per heavy atom. The number of anilines is 2. The molecule has 3 rings (SSSR count). The zero-order chi connectivity index (χ0) is 23.3. The van der Waals surface area contributed by atoms with Crippen LogP contribution in [-0.4, -0.2) is 37.0 Å². The lowest BCUT2D eigenvalue weighted by atomic mass is 10.1. The second-order valence-corrected chi connectivity index (χ2v) is 8.18. The summed E-state index contributed by atoms with van der Waals surface area (Å²) in [5.74, 6) is -0.981. The minimum atomic E-state index is -0.605. The molecule has 1 aliphatic heterocycles. The highest BCUT2D eigenvalue weighted by atomic mass is 16.5. The van der Waals surface area contributed by atoms with E-state index in [0.717, 1.165) is 29.0 Å². The molecule has 0 spiro atoms. The smallest absolute Gasteiger partial charge is 0.311 e. The van der Waals surface area contributed by atoms with Crippen LogP contribution in [-0.2, 0) is 25.5 Å². The van der Waals surface area contributed by atoms with Crippen molar-refractivity contribution in [1.82, 2.24) is 0 Å². The van der Waals surface area contributed by atoms with Crippen molar-refractivity contribution >= 4 is 29.2 Å². The molecule has 0 bridgehead atoms. The number of carbonyl (C=O) groups is 3. The van der Waals surface area contributed by atoms with Gasteiger partial charge in [0.15, 0.2) is 6.61 Å². The van der Waals surface area contributed by atoms with Crippen molar-refractivity contribution in [3.8, 4) is 5.75 Å². The van der Waals surface area contributed by atoms with Gasteiger partial charge in [-0.2, -0.15) is 0 Å². The number of amides is 2. The minimum Gasteiger partial charge on any atom is -0.491 e. The summed E-state index contributed by atoms with van der Waals surface area (Å²) in [6.07, 6.45) is 0.898. The molecular weight excluding hydrogens is 408 g/mol. The lowest BCUT2D eigenvalue weighted by molar-refractivity contribution is -0.151. The van der Waals surface area contributed by atoms with Crippen LogP contribution in [0.1, 0.15) is 38.3 Å². The first-order chi connectivity index (χ1) is 15.3. The molecule has 0 aromatic heterocycles. The summed E-state index contributed by atoms with van der Waals surface area (Å²) in [6, 6.07) is 13.0. The Labute approximate surface area is 188 Å². The number of hydrogen-bond donors (Lipinski definition) is 1. The molecule has 1 aliphatic rings. The number of aryl methyl sites for hydroxylation is 2. The standard InChI is InChI=1S/C25H30N2O5/c1-5-18-8-6-7-17(4)24(18)26-22(28)15-31-25(30)19-13-23(29)27(14-19)20-9-11-21(12-10-20)32-16(2)3/h6-12,16,19H,5,13-15H2,1-4H3,(H,26,28)/t19-/m0/s1. The topological polar surface area (TPSA) is 84.9 Å². The van der Waals surface area contributed by atoms with Gasteiger partial charge in [0.1, 0.15) is 5.75 Å². The molecule has 1 heterocycles. The van der Waals surface area contributed by atoms with Gasteiger partial charge in [-0.3, -0.25) is 14.4 Å². The van der Waals surface area contributed by atoms with Crippen molar-refractivity contribution in [3.63, 3.8) is 0 Å². The molecule has 2 aromatic carbocycles. The first-order valence-corrected chi connectivity index (χ1v) is 10.9. The van der Waals surface area contributed by atoms with Gasteiger partial charge >= 0.3 is 5.97 Å². The number of esters is 1. The maximum Gasteiger partial charge on any atom is 0.311 e. The molecule has 170 valence electrons. The van der Waals surface area contributed by atoms with Crippen LogP contribution < -0.4 is 15.0 Å². The van der Waals surface area contributed by atoms with Crippen LogP contribution in [0.2, 0.25) is 0 Å². The van der Waals surface area contributed by atoms with E-state index in [-0.39, 0.29) is 31.6 Å². The van der Waals surface area contributed by atoms with Gasteiger partial charge in [0.2, 0.25) is 5.91 Å². The van der Waals surface area contributed by atoms with Crippen LogP contribution in [0.4, 0.5) is 11.4 Å². The summed E-state index contributed by atoms with van der Waals surface area (Å²) >= 11 is 0. The Balaban J connectivity index is 1.54. The number of carbonyl (C=O) groups excluding carboxylic acids is 3. The second kappa shape index (κ2) is 10.3. The molecule has 2 amide bonds. The zero-order valence-electron chi connectivity index (χ0n) is 19.0. The summed E-state index contributed by atoms with van der Waals surface area (Å²) in [5.41, 5.74) is 3.42. The van der Waals surface area contributed by atoms with Crippen molar-refractivity contribution in [2.45, 2.75) is 46.6 Å². The average Bonchev–Trinajstić information content (AvgIpc) is 3.15. The van der Waals surface area contributed by atoms with Crippen LogP contribution in [0, 0.1) is 12.8 Å². The van der Waals surface area contributed by atoms with Crippen molar-refractivity contribution in [1.29, 1.82) is 0 Å². The largest absolute Gasteiger partial charge is 0.491 e. The highest BCUT2D eigenvalue weighted by Crippen LogP contribution is 2.28. The summed E-state index contributed by atoms with van der Waals surface area (Å²) in [7, 11) is 0. The van der Waals surface area contributed by atoms with Gasteiger partial charge in [0.25, 0.3) is 5.91 Å². The summed E-state index contributed by atoms with van der Waals surface area (Å²) in [4.78, 5) is 38.8. The molecule has 32 heavy (non-hydrogen) atoms. The van der Waals surface area contributed by atoms with E-state index in [1.54, 1.807) is 29.2 Å². The number of rotatable bonds is 8. The third-order valence-electron chi connectivity index (χ3n) is 5.33. The van der Waals surface area contributed by atoms with Crippen LogP contribution in [0.15, 0.2) is 42.5 Å². The van der Waals surface area contributed by atoms with E-state index in [0.29, 0.717) is 5.69 Å². The minimum absolute atomic E-state index is 0.0580. The van der Waals surface area contributed by atoms with Crippen LogP contribution in [0.5, 0.6) is 5.75 Å². The van der Waals surface area contributed by atoms with Crippen LogP contribution >= 0.6 is 0 Å². The fraction of sp³-hybridized carbons (Fsp3) is 0.400. The quantitative estimate of drug-likeness (QED) is 0.633. The molecule has 1 saturated heterocycles. The Morgan fingerprint density at radius 1 is 1.16 bits per heavy atom. The van der Waals surface area contributed by atoms with Gasteiger partial charge in [-0.25, -0.2) is 0 Å². The number of nitrogens with one attached hydrogen (secondary N) is 1. The first-order valence-electron chi connectivity index (χ1n) is 10.9. The summed E-state index contributed by atoms with van der Waals surface area (Å²) in [6.45, 7) is 7.65. The van der Waals surface area contributed by atoms with E-state index >= 15 is 0 Å². The molecule has 7 heteroatoms. The number of ether oxygens (including phenoxy) is 2. The molecule has 0 aliphatic carbocycles. The number of benzene rings is 2. The first kappa shape index (κ1) is 23.3. The fourth-order valence-corrected chi connectivity index (χ4v) is 3.72. The van der Waals surface area contributed by atoms with E-state index in [4.69, 9.17) is 9.47 Å². The summed E-state index contributed by atoms with van der Waals surface area (Å²) in [5, 5.41) is 2.83. The molecule has 0 radical (unpaired) electrons. The third-order valence-corrected chi connectivity index (χ3v) is 5.33. The molecule has 7 nitrogen and oxygen atoms in total. The van der Waals surface area contributed by atoms with Crippen LogP contribution in [0.25, 0.3) is 0 Å². The van der Waals surface area contributed by atoms with Gasteiger partial charge < -0.3 is 19.7 Å². The van der Waals surface area contributed by atoms with E-state index in [2.05, 4.69) is 5.32 Å². The molecule has 2 aromatic rings. The monoisotopic (exact) mass is 438 g/mol. The van der Waals surface area contributed by atoms with Crippen molar-refractivity contribution in [2.75, 3.05) is 23.4 Å². The Hall–Kier alpha value is -3.35. The molecule has 1 N–H and O–H groups in total. The van der Waals surface area contributed by atoms with Crippen LogP contribution in [0.3, 0.4) is 0 Å². The number of nitrogens with zero attached hydrogens (tertiary/aromatic N) is 1. The maximum atomic E-state index is 12.5. The summed E-state index contributed by atoms with van der Waals surface area (Å²) < 4.78 is 10.8. The molecule has 1 fully saturated rings. The normalized spacial score (nSPS) is 15.7. The van der Waals surface area contributed by atoms with Gasteiger partial charge in [-0.05, 0) is 62.6 Å². The second-order valence-electron chi connectivity index (χ2n) is 8.18. The molecule has 0 saturated carbocycles. The van der Waals surface area contributed by atoms with Crippen molar-refractivity contribution in [2.24, 2.45) is 5.92 Å². The Morgan fingerprint density at radius 2 is 1.88 bits per heavy atom. The predicted octanol–water partition coefficient (Wildman–Crippen LogP) is 3.88. The van der Waals surface area contributed by atoms with Crippen molar-refractivity contribution in [3.05, 3.63) is 53.6 Å². The molecular formula is C25H30N2O5. The van der Waals surface area contributed by atoms with Gasteiger partial charge in [0, 0.05) is 24.3 Å². The fourth-order valence-electron chi connectivity index (χ4n) is 3.72. The Kier molecular flexibility index (Phi) is 7.51. The Bertz CT molecular complexity index is 984. The molecule has 0 unspecified atom stereocenters. The lowest BCUT2D eigenvalue weighted by Gasteiger charge is -2.18. The van der Waals surface area contributed by atoms with Gasteiger partial charge in [-0.1, -0.05) is 25.1 Å². The van der Waals surface area contributed by atoms with E-state index < -0.39 is 17.8 Å².